The van der Waals surface area contributed by atoms with Gasteiger partial charge in [0.1, 0.15) is 5.82 Å². The second kappa shape index (κ2) is 7.53. The van der Waals surface area contributed by atoms with Gasteiger partial charge in [0.05, 0.1) is 0 Å². The minimum absolute atomic E-state index is 0.0280. The summed E-state index contributed by atoms with van der Waals surface area (Å²) in [5.74, 6) is -0.214. The fourth-order valence-corrected chi connectivity index (χ4v) is 2.80. The van der Waals surface area contributed by atoms with Crippen molar-refractivity contribution in [1.29, 1.82) is 0 Å². The molecule has 1 unspecified atom stereocenters. The van der Waals surface area contributed by atoms with E-state index >= 15 is 0 Å². The molecule has 20 heavy (non-hydrogen) atoms. The van der Waals surface area contributed by atoms with Gasteiger partial charge in [-0.25, -0.2) is 4.39 Å². The maximum absolute atomic E-state index is 12.9. The summed E-state index contributed by atoms with van der Waals surface area (Å²) in [6.07, 6.45) is 1.96. The summed E-state index contributed by atoms with van der Waals surface area (Å²) in [6, 6.07) is 10.7. The summed E-state index contributed by atoms with van der Waals surface area (Å²) in [5, 5.41) is 2.11. The van der Waals surface area contributed by atoms with E-state index in [1.54, 1.807) is 23.5 Å². The lowest BCUT2D eigenvalue weighted by Crippen LogP contribution is -2.25. The molecule has 1 heterocycles. The van der Waals surface area contributed by atoms with Gasteiger partial charge in [0, 0.05) is 17.5 Å². The lowest BCUT2D eigenvalue weighted by atomic mass is 10.0. The largest absolute Gasteiger partial charge is 0.324 e. The Bertz CT molecular complexity index is 496. The first-order chi connectivity index (χ1) is 9.65. The van der Waals surface area contributed by atoms with E-state index in [0.717, 1.165) is 31.5 Å². The minimum atomic E-state index is -0.214. The highest BCUT2D eigenvalue weighted by Gasteiger charge is 2.08. The molecule has 2 aromatic rings. The number of rotatable bonds is 7. The van der Waals surface area contributed by atoms with Crippen LogP contribution in [-0.2, 0) is 6.42 Å². The van der Waals surface area contributed by atoms with Crippen LogP contribution in [0.15, 0.2) is 41.8 Å². The molecule has 2 nitrogen and oxygen atoms in total. The number of hydrogen-bond acceptors (Lipinski definition) is 3. The molecular formula is C16H21FN2S. The van der Waals surface area contributed by atoms with Gasteiger partial charge in [0.15, 0.2) is 0 Å². The second-order valence-electron chi connectivity index (χ2n) is 5.08. The van der Waals surface area contributed by atoms with Gasteiger partial charge in [0.25, 0.3) is 0 Å². The number of likely N-dealkylation sites (N-methyl/N-ethyl adjacent to an activating group) is 1. The van der Waals surface area contributed by atoms with Crippen LogP contribution < -0.4 is 5.73 Å². The van der Waals surface area contributed by atoms with E-state index in [1.165, 1.54) is 17.0 Å². The minimum Gasteiger partial charge on any atom is -0.324 e. The molecule has 0 aliphatic rings. The van der Waals surface area contributed by atoms with Crippen molar-refractivity contribution in [2.45, 2.75) is 18.9 Å². The van der Waals surface area contributed by atoms with Gasteiger partial charge in [-0.1, -0.05) is 18.2 Å². The number of hydrogen-bond donors (Lipinski definition) is 1. The normalized spacial score (nSPS) is 12.8. The molecule has 1 atom stereocenters. The third kappa shape index (κ3) is 4.71. The highest BCUT2D eigenvalue weighted by molar-refractivity contribution is 7.09. The Balaban J connectivity index is 1.72. The maximum Gasteiger partial charge on any atom is 0.123 e. The smallest absolute Gasteiger partial charge is 0.123 e. The summed E-state index contributed by atoms with van der Waals surface area (Å²) < 4.78 is 12.9. The Labute approximate surface area is 124 Å². The second-order valence-corrected chi connectivity index (χ2v) is 6.11. The summed E-state index contributed by atoms with van der Waals surface area (Å²) >= 11 is 1.80. The Morgan fingerprint density at radius 3 is 2.60 bits per heavy atom. The predicted octanol–water partition coefficient (Wildman–Crippen LogP) is 3.45. The number of thiophene rings is 1. The van der Waals surface area contributed by atoms with Crippen LogP contribution in [0.25, 0.3) is 0 Å². The lowest BCUT2D eigenvalue weighted by Gasteiger charge is -2.19. The van der Waals surface area contributed by atoms with Crippen molar-refractivity contribution >= 4 is 11.3 Å². The molecular weight excluding hydrogens is 271 g/mol. The maximum atomic E-state index is 12.9. The molecule has 0 saturated heterocycles. The van der Waals surface area contributed by atoms with Crippen molar-refractivity contribution in [2.24, 2.45) is 5.73 Å². The predicted molar refractivity (Wildman–Crippen MR) is 83.5 cm³/mol. The molecule has 2 N–H and O–H groups in total. The Morgan fingerprint density at radius 2 is 1.95 bits per heavy atom. The summed E-state index contributed by atoms with van der Waals surface area (Å²) in [7, 11) is 2.12. The zero-order valence-corrected chi connectivity index (χ0v) is 12.6. The fourth-order valence-electron chi connectivity index (χ4n) is 2.10. The molecule has 0 aliphatic carbocycles. The number of benzene rings is 1. The summed E-state index contributed by atoms with van der Waals surface area (Å²) in [5.41, 5.74) is 7.14. The Morgan fingerprint density at radius 1 is 1.20 bits per heavy atom. The third-order valence-corrected chi connectivity index (χ3v) is 4.38. The van der Waals surface area contributed by atoms with Crippen LogP contribution in [0.1, 0.15) is 22.9 Å². The highest BCUT2D eigenvalue weighted by Crippen LogP contribution is 2.15. The SMILES string of the molecule is CN(CCc1cccs1)CCC(N)c1ccc(F)cc1. The number of nitrogens with two attached hydrogens (primary N) is 1. The van der Waals surface area contributed by atoms with Gasteiger partial charge < -0.3 is 10.6 Å². The monoisotopic (exact) mass is 292 g/mol. The first-order valence-corrected chi connectivity index (χ1v) is 7.75. The highest BCUT2D eigenvalue weighted by atomic mass is 32.1. The van der Waals surface area contributed by atoms with Gasteiger partial charge in [-0.05, 0) is 55.6 Å². The van der Waals surface area contributed by atoms with E-state index in [9.17, 15) is 4.39 Å². The van der Waals surface area contributed by atoms with Gasteiger partial charge in [-0.3, -0.25) is 0 Å². The van der Waals surface area contributed by atoms with Crippen LogP contribution >= 0.6 is 11.3 Å². The Hall–Kier alpha value is -1.23. The van der Waals surface area contributed by atoms with Crippen LogP contribution in [0.2, 0.25) is 0 Å². The zero-order chi connectivity index (χ0) is 14.4. The topological polar surface area (TPSA) is 29.3 Å². The molecule has 0 bridgehead atoms. The third-order valence-electron chi connectivity index (χ3n) is 3.44. The van der Waals surface area contributed by atoms with E-state index in [2.05, 4.69) is 29.5 Å². The van der Waals surface area contributed by atoms with Crippen molar-refractivity contribution < 1.29 is 4.39 Å². The zero-order valence-electron chi connectivity index (χ0n) is 11.8. The molecule has 0 radical (unpaired) electrons. The van der Waals surface area contributed by atoms with E-state index < -0.39 is 0 Å². The molecule has 108 valence electrons. The molecule has 0 fully saturated rings. The molecule has 4 heteroatoms. The number of halogens is 1. The quantitative estimate of drug-likeness (QED) is 0.847. The molecule has 0 amide bonds. The van der Waals surface area contributed by atoms with E-state index in [1.807, 2.05) is 0 Å². The van der Waals surface area contributed by atoms with E-state index in [4.69, 9.17) is 5.73 Å². The molecule has 1 aromatic heterocycles. The van der Waals surface area contributed by atoms with Crippen LogP contribution in [-0.4, -0.2) is 25.0 Å². The van der Waals surface area contributed by atoms with Gasteiger partial charge in [-0.2, -0.15) is 0 Å². The van der Waals surface area contributed by atoms with Gasteiger partial charge >= 0.3 is 0 Å². The summed E-state index contributed by atoms with van der Waals surface area (Å²) in [4.78, 5) is 3.71. The van der Waals surface area contributed by atoms with Crippen molar-refractivity contribution in [3.63, 3.8) is 0 Å². The average Bonchev–Trinajstić information content (AvgIpc) is 2.96. The molecule has 0 saturated carbocycles. The van der Waals surface area contributed by atoms with Crippen molar-refractivity contribution in [1.82, 2.24) is 4.90 Å². The standard InChI is InChI=1S/C16H21FN2S/c1-19(10-8-15-3-2-12-20-15)11-9-16(18)13-4-6-14(17)7-5-13/h2-7,12,16H,8-11,18H2,1H3. The van der Waals surface area contributed by atoms with Crippen LogP contribution in [0.3, 0.4) is 0 Å². The van der Waals surface area contributed by atoms with Crippen molar-refractivity contribution in [3.05, 3.63) is 58.0 Å². The van der Waals surface area contributed by atoms with Crippen molar-refractivity contribution in [2.75, 3.05) is 20.1 Å². The van der Waals surface area contributed by atoms with E-state index in [-0.39, 0.29) is 11.9 Å². The first kappa shape index (κ1) is 15.2. The van der Waals surface area contributed by atoms with E-state index in [0.29, 0.717) is 0 Å². The first-order valence-electron chi connectivity index (χ1n) is 6.87. The Kier molecular flexibility index (Phi) is 5.71. The average molecular weight is 292 g/mol. The molecule has 2 rings (SSSR count). The van der Waals surface area contributed by atoms with Crippen LogP contribution in [0.5, 0.6) is 0 Å². The molecule has 1 aromatic carbocycles. The van der Waals surface area contributed by atoms with Crippen LogP contribution in [0, 0.1) is 5.82 Å². The fraction of sp³-hybridized carbons (Fsp3) is 0.375. The molecule has 0 aliphatic heterocycles. The molecule has 0 spiro atoms. The number of nitrogens with zero attached hydrogens (tertiary/aromatic N) is 1. The lowest BCUT2D eigenvalue weighted by molar-refractivity contribution is 0.323. The van der Waals surface area contributed by atoms with Crippen LogP contribution in [0.4, 0.5) is 4.39 Å². The van der Waals surface area contributed by atoms with Gasteiger partial charge in [0.2, 0.25) is 0 Å². The van der Waals surface area contributed by atoms with Gasteiger partial charge in [-0.15, -0.1) is 11.3 Å². The van der Waals surface area contributed by atoms with Crippen molar-refractivity contribution in [3.8, 4) is 0 Å². The summed E-state index contributed by atoms with van der Waals surface area (Å²) in [6.45, 7) is 1.99.